The van der Waals surface area contributed by atoms with Crippen molar-refractivity contribution in [1.29, 1.82) is 0 Å². The Balaban J connectivity index is 2.90. The number of aryl methyl sites for hydroxylation is 1. The Morgan fingerprint density at radius 1 is 1.33 bits per heavy atom. The number of nitrogens with one attached hydrogen (secondary N) is 1. The minimum absolute atomic E-state index is 0.191. The van der Waals surface area contributed by atoms with Crippen LogP contribution in [0.2, 0.25) is 0 Å². The molecule has 0 radical (unpaired) electrons. The maximum Gasteiger partial charge on any atom is 0.125 e. The number of halogens is 1. The Bertz CT molecular complexity index is 269. The van der Waals surface area contributed by atoms with Crippen LogP contribution in [-0.4, -0.2) is 6.04 Å². The molecule has 0 spiro atoms. The van der Waals surface area contributed by atoms with Gasteiger partial charge in [0.15, 0.2) is 0 Å². The largest absolute Gasteiger partial charge is 0.383 e. The summed E-state index contributed by atoms with van der Waals surface area (Å²) < 4.78 is 12.8. The lowest BCUT2D eigenvalue weighted by molar-refractivity contribution is 0.627. The molecule has 0 aromatic heterocycles. The molecule has 2 heteroatoms. The van der Waals surface area contributed by atoms with Crippen LogP contribution < -0.4 is 5.32 Å². The molecule has 1 nitrogen and oxygen atoms in total. The van der Waals surface area contributed by atoms with Crippen molar-refractivity contribution in [2.24, 2.45) is 0 Å². The van der Waals surface area contributed by atoms with Gasteiger partial charge in [-0.25, -0.2) is 4.39 Å². The van der Waals surface area contributed by atoms with Crippen molar-refractivity contribution in [3.05, 3.63) is 29.6 Å². The molecule has 1 aromatic rings. The molecule has 66 valence electrons. The summed E-state index contributed by atoms with van der Waals surface area (Å²) in [5, 5.41) is 3.17. The van der Waals surface area contributed by atoms with E-state index in [2.05, 4.69) is 5.32 Å². The van der Waals surface area contributed by atoms with Crippen LogP contribution in [0.1, 0.15) is 19.4 Å². The lowest BCUT2D eigenvalue weighted by Gasteiger charge is -2.12. The van der Waals surface area contributed by atoms with Crippen molar-refractivity contribution in [3.63, 3.8) is 0 Å². The third-order valence-corrected chi connectivity index (χ3v) is 1.64. The van der Waals surface area contributed by atoms with E-state index in [1.54, 1.807) is 6.07 Å². The van der Waals surface area contributed by atoms with Gasteiger partial charge in [-0.3, -0.25) is 0 Å². The highest BCUT2D eigenvalue weighted by Gasteiger charge is 2.00. The average Bonchev–Trinajstić information content (AvgIpc) is 1.96. The third kappa shape index (κ3) is 2.22. The van der Waals surface area contributed by atoms with Crippen molar-refractivity contribution in [1.82, 2.24) is 0 Å². The van der Waals surface area contributed by atoms with Crippen LogP contribution in [0.25, 0.3) is 0 Å². The molecule has 0 heterocycles. The highest BCUT2D eigenvalue weighted by molar-refractivity contribution is 5.51. The molecule has 1 N–H and O–H groups in total. The van der Waals surface area contributed by atoms with Gasteiger partial charge in [0.25, 0.3) is 0 Å². The van der Waals surface area contributed by atoms with Crippen LogP contribution >= 0.6 is 0 Å². The van der Waals surface area contributed by atoms with Gasteiger partial charge in [-0.05, 0) is 38.5 Å². The van der Waals surface area contributed by atoms with Gasteiger partial charge in [0.2, 0.25) is 0 Å². The molecule has 0 aliphatic carbocycles. The van der Waals surface area contributed by atoms with Crippen LogP contribution in [-0.2, 0) is 0 Å². The smallest absolute Gasteiger partial charge is 0.125 e. The van der Waals surface area contributed by atoms with E-state index in [9.17, 15) is 4.39 Å². The Morgan fingerprint density at radius 2 is 2.00 bits per heavy atom. The highest BCUT2D eigenvalue weighted by Crippen LogP contribution is 2.16. The summed E-state index contributed by atoms with van der Waals surface area (Å²) >= 11 is 0. The van der Waals surface area contributed by atoms with Crippen molar-refractivity contribution >= 4 is 5.69 Å². The maximum atomic E-state index is 12.8. The molecule has 12 heavy (non-hydrogen) atoms. The zero-order valence-electron chi connectivity index (χ0n) is 7.69. The minimum Gasteiger partial charge on any atom is -0.383 e. The van der Waals surface area contributed by atoms with Crippen LogP contribution in [0.5, 0.6) is 0 Å². The fraction of sp³-hybridized carbons (Fsp3) is 0.400. The normalized spacial score (nSPS) is 10.4. The second-order valence-corrected chi connectivity index (χ2v) is 3.26. The first-order valence-corrected chi connectivity index (χ1v) is 4.12. The standard InChI is InChI=1S/C10H14FN/c1-7(2)12-10-6-9(11)5-4-8(10)3/h4-7,12H,1-3H3. The summed E-state index contributed by atoms with van der Waals surface area (Å²) in [7, 11) is 0. The Morgan fingerprint density at radius 3 is 2.58 bits per heavy atom. The molecule has 0 saturated carbocycles. The van der Waals surface area contributed by atoms with Gasteiger partial charge in [0, 0.05) is 11.7 Å². The predicted molar refractivity (Wildman–Crippen MR) is 49.9 cm³/mol. The average molecular weight is 167 g/mol. The van der Waals surface area contributed by atoms with E-state index >= 15 is 0 Å². The fourth-order valence-electron chi connectivity index (χ4n) is 1.06. The zero-order chi connectivity index (χ0) is 9.14. The topological polar surface area (TPSA) is 12.0 Å². The Kier molecular flexibility index (Phi) is 2.69. The molecular formula is C10H14FN. The van der Waals surface area contributed by atoms with E-state index < -0.39 is 0 Å². The molecule has 1 rings (SSSR count). The lowest BCUT2D eigenvalue weighted by Crippen LogP contribution is -2.10. The molecule has 0 fully saturated rings. The number of rotatable bonds is 2. The van der Waals surface area contributed by atoms with Crippen LogP contribution in [0, 0.1) is 12.7 Å². The van der Waals surface area contributed by atoms with Gasteiger partial charge in [-0.2, -0.15) is 0 Å². The fourth-order valence-corrected chi connectivity index (χ4v) is 1.06. The van der Waals surface area contributed by atoms with Gasteiger partial charge >= 0.3 is 0 Å². The van der Waals surface area contributed by atoms with Gasteiger partial charge in [-0.15, -0.1) is 0 Å². The second-order valence-electron chi connectivity index (χ2n) is 3.26. The highest BCUT2D eigenvalue weighted by atomic mass is 19.1. The summed E-state index contributed by atoms with van der Waals surface area (Å²) in [4.78, 5) is 0. The van der Waals surface area contributed by atoms with Gasteiger partial charge in [0.05, 0.1) is 0 Å². The Labute approximate surface area is 72.6 Å². The third-order valence-electron chi connectivity index (χ3n) is 1.64. The summed E-state index contributed by atoms with van der Waals surface area (Å²) in [6.45, 7) is 6.03. The van der Waals surface area contributed by atoms with E-state index in [0.29, 0.717) is 6.04 Å². The van der Waals surface area contributed by atoms with Gasteiger partial charge in [0.1, 0.15) is 5.82 Å². The number of hydrogen-bond acceptors (Lipinski definition) is 1. The molecule has 0 saturated heterocycles. The molecular weight excluding hydrogens is 153 g/mol. The predicted octanol–water partition coefficient (Wildman–Crippen LogP) is 2.95. The van der Waals surface area contributed by atoms with Gasteiger partial charge in [-0.1, -0.05) is 6.07 Å². The van der Waals surface area contributed by atoms with Gasteiger partial charge < -0.3 is 5.32 Å². The molecule has 0 aliphatic rings. The number of benzene rings is 1. The van der Waals surface area contributed by atoms with E-state index in [-0.39, 0.29) is 5.82 Å². The van der Waals surface area contributed by atoms with Crippen molar-refractivity contribution in [2.45, 2.75) is 26.8 Å². The SMILES string of the molecule is Cc1ccc(F)cc1NC(C)C. The first kappa shape index (κ1) is 9.04. The molecule has 0 unspecified atom stereocenters. The zero-order valence-corrected chi connectivity index (χ0v) is 7.69. The summed E-state index contributed by atoms with van der Waals surface area (Å²) in [6, 6.07) is 5.11. The summed E-state index contributed by atoms with van der Waals surface area (Å²) in [6.07, 6.45) is 0. The van der Waals surface area contributed by atoms with E-state index in [1.807, 2.05) is 20.8 Å². The van der Waals surface area contributed by atoms with E-state index in [0.717, 1.165) is 11.3 Å². The lowest BCUT2D eigenvalue weighted by atomic mass is 10.2. The first-order chi connectivity index (χ1) is 5.59. The number of hydrogen-bond donors (Lipinski definition) is 1. The van der Waals surface area contributed by atoms with Crippen molar-refractivity contribution in [2.75, 3.05) is 5.32 Å². The Hall–Kier alpha value is -1.05. The van der Waals surface area contributed by atoms with E-state index in [4.69, 9.17) is 0 Å². The van der Waals surface area contributed by atoms with Crippen LogP contribution in [0.15, 0.2) is 18.2 Å². The van der Waals surface area contributed by atoms with Crippen molar-refractivity contribution < 1.29 is 4.39 Å². The van der Waals surface area contributed by atoms with Crippen LogP contribution in [0.3, 0.4) is 0 Å². The molecule has 0 aliphatic heterocycles. The molecule has 1 aromatic carbocycles. The summed E-state index contributed by atoms with van der Waals surface area (Å²) in [5.74, 6) is -0.191. The van der Waals surface area contributed by atoms with Crippen LogP contribution in [0.4, 0.5) is 10.1 Å². The second kappa shape index (κ2) is 3.57. The number of anilines is 1. The molecule has 0 atom stereocenters. The minimum atomic E-state index is -0.191. The molecule has 0 bridgehead atoms. The monoisotopic (exact) mass is 167 g/mol. The first-order valence-electron chi connectivity index (χ1n) is 4.12. The van der Waals surface area contributed by atoms with Crippen molar-refractivity contribution in [3.8, 4) is 0 Å². The summed E-state index contributed by atoms with van der Waals surface area (Å²) in [5.41, 5.74) is 1.95. The van der Waals surface area contributed by atoms with E-state index in [1.165, 1.54) is 12.1 Å². The maximum absolute atomic E-state index is 12.8. The molecule has 0 amide bonds. The quantitative estimate of drug-likeness (QED) is 0.714.